The molecule has 0 spiro atoms. The van der Waals surface area contributed by atoms with Crippen LogP contribution in [0.15, 0.2) is 48.5 Å². The summed E-state index contributed by atoms with van der Waals surface area (Å²) in [5.41, 5.74) is 3.78. The summed E-state index contributed by atoms with van der Waals surface area (Å²) in [5.74, 6) is 0.969. The number of unbranched alkanes of at least 4 members (excludes halogenated alkanes) is 1. The van der Waals surface area contributed by atoms with E-state index < -0.39 is 0 Å². The second-order valence-electron chi connectivity index (χ2n) is 5.57. The summed E-state index contributed by atoms with van der Waals surface area (Å²) in [6.07, 6.45) is 8.88. The first-order valence-electron chi connectivity index (χ1n) is 8.32. The summed E-state index contributed by atoms with van der Waals surface area (Å²) in [4.78, 5) is 0. The zero-order valence-electron chi connectivity index (χ0n) is 13.7. The monoisotopic (exact) mass is 294 g/mol. The minimum Gasteiger partial charge on any atom is -0.493 e. The van der Waals surface area contributed by atoms with Gasteiger partial charge >= 0.3 is 0 Å². The van der Waals surface area contributed by atoms with Crippen LogP contribution in [0.4, 0.5) is 0 Å². The summed E-state index contributed by atoms with van der Waals surface area (Å²) >= 11 is 0. The maximum Gasteiger partial charge on any atom is 0.126 e. The minimum atomic E-state index is 0.785. The molecule has 0 saturated carbocycles. The average molecular weight is 294 g/mol. The van der Waals surface area contributed by atoms with Gasteiger partial charge in [0.25, 0.3) is 0 Å². The molecule has 2 aromatic carbocycles. The van der Waals surface area contributed by atoms with Gasteiger partial charge in [-0.15, -0.1) is 0 Å². The van der Waals surface area contributed by atoms with Crippen molar-refractivity contribution in [3.8, 4) is 5.75 Å². The first-order chi connectivity index (χ1) is 10.8. The van der Waals surface area contributed by atoms with Crippen molar-refractivity contribution in [1.82, 2.24) is 0 Å². The van der Waals surface area contributed by atoms with Crippen molar-refractivity contribution >= 4 is 12.2 Å². The molecule has 1 heteroatoms. The number of hydrogen-bond donors (Lipinski definition) is 0. The molecular weight excluding hydrogens is 268 g/mol. The lowest BCUT2D eigenvalue weighted by Gasteiger charge is -2.08. The highest BCUT2D eigenvalue weighted by Crippen LogP contribution is 2.21. The Kier molecular flexibility index (Phi) is 6.76. The molecule has 22 heavy (non-hydrogen) atoms. The molecule has 0 amide bonds. The lowest BCUT2D eigenvalue weighted by Crippen LogP contribution is -1.97. The molecule has 0 saturated heterocycles. The molecule has 2 rings (SSSR count). The van der Waals surface area contributed by atoms with Crippen LogP contribution in [-0.4, -0.2) is 6.61 Å². The molecule has 0 atom stereocenters. The van der Waals surface area contributed by atoms with Crippen molar-refractivity contribution in [2.75, 3.05) is 6.61 Å². The molecule has 116 valence electrons. The van der Waals surface area contributed by atoms with Gasteiger partial charge in [0.05, 0.1) is 6.61 Å². The molecule has 0 heterocycles. The summed E-state index contributed by atoms with van der Waals surface area (Å²) in [6, 6.07) is 17.0. The quantitative estimate of drug-likeness (QED) is 0.429. The van der Waals surface area contributed by atoms with Crippen LogP contribution in [0, 0.1) is 0 Å². The third-order valence-corrected chi connectivity index (χ3v) is 3.62. The fourth-order valence-electron chi connectivity index (χ4n) is 2.40. The zero-order valence-corrected chi connectivity index (χ0v) is 13.7. The van der Waals surface area contributed by atoms with Crippen LogP contribution < -0.4 is 4.74 Å². The van der Waals surface area contributed by atoms with Crippen LogP contribution >= 0.6 is 0 Å². The molecular formula is C21H26O. The lowest BCUT2D eigenvalue weighted by molar-refractivity contribution is 0.309. The third kappa shape index (κ3) is 5.07. The van der Waals surface area contributed by atoms with E-state index in [2.05, 4.69) is 62.4 Å². The Morgan fingerprint density at radius 3 is 2.59 bits per heavy atom. The van der Waals surface area contributed by atoms with E-state index in [1.165, 1.54) is 17.5 Å². The maximum absolute atomic E-state index is 5.88. The number of ether oxygens (including phenoxy) is 1. The van der Waals surface area contributed by atoms with Crippen molar-refractivity contribution in [1.29, 1.82) is 0 Å². The number of aryl methyl sites for hydroxylation is 1. The van der Waals surface area contributed by atoms with Gasteiger partial charge in [-0.3, -0.25) is 0 Å². The molecule has 0 aliphatic carbocycles. The lowest BCUT2D eigenvalue weighted by atomic mass is 10.1. The Balaban J connectivity index is 2.10. The van der Waals surface area contributed by atoms with E-state index in [0.717, 1.165) is 37.2 Å². The Bertz CT molecular complexity index is 598. The smallest absolute Gasteiger partial charge is 0.126 e. The molecule has 0 radical (unpaired) electrons. The highest BCUT2D eigenvalue weighted by molar-refractivity contribution is 5.72. The molecule has 0 fully saturated rings. The van der Waals surface area contributed by atoms with Crippen LogP contribution in [0.25, 0.3) is 12.2 Å². The Morgan fingerprint density at radius 2 is 1.77 bits per heavy atom. The van der Waals surface area contributed by atoms with Crippen LogP contribution in [0.5, 0.6) is 5.75 Å². The molecule has 2 aromatic rings. The fraction of sp³-hybridized carbons (Fsp3) is 0.333. The maximum atomic E-state index is 5.88. The number of rotatable bonds is 8. The van der Waals surface area contributed by atoms with Crippen molar-refractivity contribution < 1.29 is 4.74 Å². The Labute approximate surface area is 134 Å². The summed E-state index contributed by atoms with van der Waals surface area (Å²) in [6.45, 7) is 5.18. The van der Waals surface area contributed by atoms with Gasteiger partial charge in [0.15, 0.2) is 0 Å². The molecule has 1 nitrogen and oxygen atoms in total. The summed E-state index contributed by atoms with van der Waals surface area (Å²) in [5, 5.41) is 0. The van der Waals surface area contributed by atoms with Gasteiger partial charge in [-0.1, -0.05) is 81.3 Å². The predicted molar refractivity (Wildman–Crippen MR) is 96.2 cm³/mol. The van der Waals surface area contributed by atoms with Gasteiger partial charge in [0.2, 0.25) is 0 Å². The third-order valence-electron chi connectivity index (χ3n) is 3.62. The van der Waals surface area contributed by atoms with Crippen molar-refractivity contribution in [3.05, 3.63) is 65.2 Å². The van der Waals surface area contributed by atoms with E-state index in [9.17, 15) is 0 Å². The van der Waals surface area contributed by atoms with E-state index in [1.54, 1.807) is 0 Å². The van der Waals surface area contributed by atoms with Crippen LogP contribution in [-0.2, 0) is 6.42 Å². The van der Waals surface area contributed by atoms with Crippen LogP contribution in [0.3, 0.4) is 0 Å². The van der Waals surface area contributed by atoms with Crippen molar-refractivity contribution in [2.24, 2.45) is 0 Å². The largest absolute Gasteiger partial charge is 0.493 e. The topological polar surface area (TPSA) is 9.23 Å². The molecule has 0 aliphatic heterocycles. The average Bonchev–Trinajstić information content (AvgIpc) is 2.55. The van der Waals surface area contributed by atoms with Gasteiger partial charge in [-0.05, 0) is 30.0 Å². The predicted octanol–water partition coefficient (Wildman–Crippen LogP) is 5.99. The van der Waals surface area contributed by atoms with Gasteiger partial charge < -0.3 is 4.74 Å². The van der Waals surface area contributed by atoms with Crippen LogP contribution in [0.2, 0.25) is 0 Å². The fourth-order valence-corrected chi connectivity index (χ4v) is 2.40. The van der Waals surface area contributed by atoms with Gasteiger partial charge in [-0.25, -0.2) is 0 Å². The molecule has 0 bridgehead atoms. The number of para-hydroxylation sites is 1. The van der Waals surface area contributed by atoms with E-state index >= 15 is 0 Å². The standard InChI is InChI=1S/C21H26O/c1-3-5-16-22-21-13-7-6-12-20(21)15-14-19-11-8-10-18(17-19)9-4-2/h6-8,10-15,17H,3-5,9,16H2,1-2H3/b15-14+. The Morgan fingerprint density at radius 1 is 0.909 bits per heavy atom. The van der Waals surface area contributed by atoms with Gasteiger partial charge in [0.1, 0.15) is 5.75 Å². The van der Waals surface area contributed by atoms with Crippen LogP contribution in [0.1, 0.15) is 49.8 Å². The summed E-state index contributed by atoms with van der Waals surface area (Å²) in [7, 11) is 0. The highest BCUT2D eigenvalue weighted by atomic mass is 16.5. The second-order valence-corrected chi connectivity index (χ2v) is 5.57. The van der Waals surface area contributed by atoms with E-state index in [4.69, 9.17) is 4.74 Å². The van der Waals surface area contributed by atoms with E-state index in [0.29, 0.717) is 0 Å². The summed E-state index contributed by atoms with van der Waals surface area (Å²) < 4.78 is 5.88. The first-order valence-corrected chi connectivity index (χ1v) is 8.32. The SMILES string of the molecule is CCCCOc1ccccc1/C=C/c1cccc(CCC)c1. The Hall–Kier alpha value is -2.02. The molecule has 0 aromatic heterocycles. The van der Waals surface area contributed by atoms with E-state index in [1.807, 2.05) is 12.1 Å². The molecule has 0 unspecified atom stereocenters. The number of hydrogen-bond acceptors (Lipinski definition) is 1. The van der Waals surface area contributed by atoms with Gasteiger partial charge in [-0.2, -0.15) is 0 Å². The normalized spacial score (nSPS) is 11.0. The first kappa shape index (κ1) is 16.4. The van der Waals surface area contributed by atoms with E-state index in [-0.39, 0.29) is 0 Å². The number of benzene rings is 2. The highest BCUT2D eigenvalue weighted by Gasteiger charge is 1.99. The van der Waals surface area contributed by atoms with Gasteiger partial charge in [0, 0.05) is 5.56 Å². The zero-order chi connectivity index (χ0) is 15.6. The van der Waals surface area contributed by atoms with Crippen molar-refractivity contribution in [3.63, 3.8) is 0 Å². The minimum absolute atomic E-state index is 0.785. The molecule has 0 N–H and O–H groups in total. The molecule has 0 aliphatic rings. The second kappa shape index (κ2) is 9.09. The van der Waals surface area contributed by atoms with Crippen molar-refractivity contribution in [2.45, 2.75) is 39.5 Å².